The first-order valence-corrected chi connectivity index (χ1v) is 4.90. The van der Waals surface area contributed by atoms with E-state index in [9.17, 15) is 4.79 Å². The van der Waals surface area contributed by atoms with Crippen molar-refractivity contribution in [3.63, 3.8) is 0 Å². The van der Waals surface area contributed by atoms with Crippen LogP contribution < -0.4 is 0 Å². The maximum absolute atomic E-state index is 11.2. The highest BCUT2D eigenvalue weighted by Gasteiger charge is 2.19. The second-order valence-electron chi connectivity index (χ2n) is 3.20. The van der Waals surface area contributed by atoms with E-state index in [2.05, 4.69) is 4.89 Å². The van der Waals surface area contributed by atoms with Crippen molar-refractivity contribution < 1.29 is 19.3 Å². The quantitative estimate of drug-likeness (QED) is 0.395. The number of hydrogen-bond donors (Lipinski definition) is 0. The number of carbonyl (C=O) groups is 1. The van der Waals surface area contributed by atoms with Crippen LogP contribution in [0.2, 0.25) is 0 Å². The summed E-state index contributed by atoms with van der Waals surface area (Å²) in [6.45, 7) is 4.33. The molecule has 1 saturated heterocycles. The summed E-state index contributed by atoms with van der Waals surface area (Å²) in [5.74, 6) is -0.442. The summed E-state index contributed by atoms with van der Waals surface area (Å²) >= 11 is 0. The van der Waals surface area contributed by atoms with E-state index >= 15 is 0 Å². The average molecular weight is 200 g/mol. The highest BCUT2D eigenvalue weighted by molar-refractivity contribution is 5.87. The van der Waals surface area contributed by atoms with Crippen LogP contribution in [0.5, 0.6) is 0 Å². The van der Waals surface area contributed by atoms with E-state index in [0.29, 0.717) is 12.2 Å². The molecule has 80 valence electrons. The van der Waals surface area contributed by atoms with Crippen molar-refractivity contribution in [1.82, 2.24) is 0 Å². The third-order valence-corrected chi connectivity index (χ3v) is 1.95. The third-order valence-electron chi connectivity index (χ3n) is 1.95. The number of carbonyl (C=O) groups excluding carboxylic acids is 1. The van der Waals surface area contributed by atoms with Gasteiger partial charge in [0.2, 0.25) is 6.29 Å². The molecule has 0 aromatic rings. The Morgan fingerprint density at radius 1 is 1.64 bits per heavy atom. The molecule has 0 radical (unpaired) electrons. The summed E-state index contributed by atoms with van der Waals surface area (Å²) in [6.07, 6.45) is 3.95. The van der Waals surface area contributed by atoms with Crippen molar-refractivity contribution in [1.29, 1.82) is 0 Å². The van der Waals surface area contributed by atoms with Crippen molar-refractivity contribution in [2.24, 2.45) is 0 Å². The first kappa shape index (κ1) is 11.2. The zero-order valence-corrected chi connectivity index (χ0v) is 8.62. The van der Waals surface area contributed by atoms with Crippen LogP contribution in [0.4, 0.5) is 0 Å². The lowest BCUT2D eigenvalue weighted by atomic mass is 10.2. The highest BCUT2D eigenvalue weighted by Crippen LogP contribution is 2.13. The van der Waals surface area contributed by atoms with E-state index in [4.69, 9.17) is 9.62 Å². The Kier molecular flexibility index (Phi) is 4.62. The molecule has 1 unspecified atom stereocenters. The summed E-state index contributed by atoms with van der Waals surface area (Å²) in [7, 11) is 0. The molecule has 0 spiro atoms. The standard InChI is InChI=1S/C10H16O4/c1-3-5-8(2)10(11)14-13-9-6-4-7-12-9/h5,9H,3-4,6-7H2,1-2H3. The van der Waals surface area contributed by atoms with Crippen LogP contribution >= 0.6 is 0 Å². The Balaban J connectivity index is 2.23. The second kappa shape index (κ2) is 5.78. The molecule has 0 N–H and O–H groups in total. The van der Waals surface area contributed by atoms with Crippen molar-refractivity contribution in [2.45, 2.75) is 39.4 Å². The van der Waals surface area contributed by atoms with Gasteiger partial charge in [0, 0.05) is 12.0 Å². The Bertz CT molecular complexity index is 216. The van der Waals surface area contributed by atoms with Crippen molar-refractivity contribution in [3.8, 4) is 0 Å². The molecule has 0 bridgehead atoms. The summed E-state index contributed by atoms with van der Waals surface area (Å²) in [6, 6.07) is 0. The zero-order valence-electron chi connectivity index (χ0n) is 8.62. The Labute approximate surface area is 83.8 Å². The molecule has 4 heteroatoms. The van der Waals surface area contributed by atoms with E-state index < -0.39 is 5.97 Å². The molecule has 14 heavy (non-hydrogen) atoms. The van der Waals surface area contributed by atoms with E-state index in [1.807, 2.05) is 6.92 Å². The molecule has 0 saturated carbocycles. The maximum Gasteiger partial charge on any atom is 0.368 e. The molecule has 1 rings (SSSR count). The Hall–Kier alpha value is -0.870. The fraction of sp³-hybridized carbons (Fsp3) is 0.700. The van der Waals surface area contributed by atoms with Crippen LogP contribution in [0.25, 0.3) is 0 Å². The van der Waals surface area contributed by atoms with Crippen LogP contribution in [-0.2, 0) is 19.3 Å². The lowest BCUT2D eigenvalue weighted by Gasteiger charge is -2.08. The predicted molar refractivity (Wildman–Crippen MR) is 50.2 cm³/mol. The van der Waals surface area contributed by atoms with E-state index in [-0.39, 0.29) is 6.29 Å². The van der Waals surface area contributed by atoms with Crippen molar-refractivity contribution in [2.75, 3.05) is 6.61 Å². The summed E-state index contributed by atoms with van der Waals surface area (Å²) in [5, 5.41) is 0. The summed E-state index contributed by atoms with van der Waals surface area (Å²) < 4.78 is 5.12. The normalized spacial score (nSPS) is 22.4. The summed E-state index contributed by atoms with van der Waals surface area (Å²) in [4.78, 5) is 20.6. The fourth-order valence-corrected chi connectivity index (χ4v) is 1.18. The van der Waals surface area contributed by atoms with E-state index in [1.54, 1.807) is 13.0 Å². The monoisotopic (exact) mass is 200 g/mol. The van der Waals surface area contributed by atoms with Gasteiger partial charge in [-0.15, -0.1) is 0 Å². The van der Waals surface area contributed by atoms with Crippen LogP contribution in [-0.4, -0.2) is 18.9 Å². The van der Waals surface area contributed by atoms with Gasteiger partial charge in [0.1, 0.15) is 0 Å². The minimum atomic E-state index is -0.442. The molecule has 0 aromatic carbocycles. The highest BCUT2D eigenvalue weighted by atomic mass is 17.2. The average Bonchev–Trinajstić information content (AvgIpc) is 2.67. The topological polar surface area (TPSA) is 44.8 Å². The maximum atomic E-state index is 11.2. The molecule has 1 aliphatic heterocycles. The second-order valence-corrected chi connectivity index (χ2v) is 3.20. The molecule has 1 aliphatic rings. The minimum absolute atomic E-state index is 0.381. The fourth-order valence-electron chi connectivity index (χ4n) is 1.18. The van der Waals surface area contributed by atoms with Crippen LogP contribution in [0.1, 0.15) is 33.1 Å². The smallest absolute Gasteiger partial charge is 0.349 e. The van der Waals surface area contributed by atoms with Gasteiger partial charge in [0.25, 0.3) is 0 Å². The molecule has 0 aliphatic carbocycles. The molecular weight excluding hydrogens is 184 g/mol. The lowest BCUT2D eigenvalue weighted by Crippen LogP contribution is -2.15. The molecular formula is C10H16O4. The predicted octanol–water partition coefficient (Wildman–Crippen LogP) is 1.95. The van der Waals surface area contributed by atoms with Gasteiger partial charge in [0.15, 0.2) is 0 Å². The van der Waals surface area contributed by atoms with E-state index in [1.165, 1.54) is 0 Å². The summed E-state index contributed by atoms with van der Waals surface area (Å²) in [5.41, 5.74) is 0.561. The first-order valence-electron chi connectivity index (χ1n) is 4.90. The van der Waals surface area contributed by atoms with Crippen LogP contribution in [0, 0.1) is 0 Å². The number of rotatable bonds is 4. The minimum Gasteiger partial charge on any atom is -0.349 e. The van der Waals surface area contributed by atoms with Crippen LogP contribution in [0.3, 0.4) is 0 Å². The Morgan fingerprint density at radius 2 is 2.43 bits per heavy atom. The van der Waals surface area contributed by atoms with Crippen molar-refractivity contribution >= 4 is 5.97 Å². The van der Waals surface area contributed by atoms with Gasteiger partial charge in [-0.3, -0.25) is 4.89 Å². The Morgan fingerprint density at radius 3 is 3.00 bits per heavy atom. The number of ether oxygens (including phenoxy) is 1. The van der Waals surface area contributed by atoms with Crippen molar-refractivity contribution in [3.05, 3.63) is 11.6 Å². The molecule has 0 amide bonds. The number of hydrogen-bond acceptors (Lipinski definition) is 4. The van der Waals surface area contributed by atoms with Gasteiger partial charge < -0.3 is 4.74 Å². The molecule has 1 heterocycles. The SMILES string of the molecule is CCC=C(C)C(=O)OOC1CCCO1. The van der Waals surface area contributed by atoms with Crippen LogP contribution in [0.15, 0.2) is 11.6 Å². The number of allylic oxidation sites excluding steroid dienone is 1. The molecule has 1 fully saturated rings. The van der Waals surface area contributed by atoms with Gasteiger partial charge >= 0.3 is 5.97 Å². The van der Waals surface area contributed by atoms with Gasteiger partial charge in [-0.1, -0.05) is 13.0 Å². The molecule has 1 atom stereocenters. The van der Waals surface area contributed by atoms with E-state index in [0.717, 1.165) is 19.3 Å². The molecule has 4 nitrogen and oxygen atoms in total. The lowest BCUT2D eigenvalue weighted by molar-refractivity contribution is -0.339. The first-order chi connectivity index (χ1) is 6.74. The molecule has 0 aromatic heterocycles. The van der Waals surface area contributed by atoms with Gasteiger partial charge in [-0.05, 0) is 19.8 Å². The van der Waals surface area contributed by atoms with Gasteiger partial charge in [0.05, 0.1) is 6.61 Å². The zero-order chi connectivity index (χ0) is 10.4. The largest absolute Gasteiger partial charge is 0.368 e. The third kappa shape index (κ3) is 3.47. The van der Waals surface area contributed by atoms with Gasteiger partial charge in [-0.2, -0.15) is 4.89 Å². The van der Waals surface area contributed by atoms with Gasteiger partial charge in [-0.25, -0.2) is 4.79 Å².